The van der Waals surface area contributed by atoms with Gasteiger partial charge in [0, 0.05) is 31.0 Å². The second-order valence-corrected chi connectivity index (χ2v) is 6.60. The number of methoxy groups -OCH3 is 1. The zero-order valence-corrected chi connectivity index (χ0v) is 11.5. The predicted octanol–water partition coefficient (Wildman–Crippen LogP) is 2.02. The highest BCUT2D eigenvalue weighted by Gasteiger charge is 2.16. The fourth-order valence-corrected chi connectivity index (χ4v) is 2.82. The van der Waals surface area contributed by atoms with E-state index in [1.807, 2.05) is 6.92 Å². The second kappa shape index (κ2) is 9.22. The Morgan fingerprint density at radius 2 is 2.00 bits per heavy atom. The predicted molar refractivity (Wildman–Crippen MR) is 65.3 cm³/mol. The molecule has 0 aromatic carbocycles. The quantitative estimate of drug-likeness (QED) is 0.451. The Hall–Kier alpha value is 0.160. The van der Waals surface area contributed by atoms with Gasteiger partial charge in [-0.15, -0.1) is 0 Å². The molecular weight excluding hydrogens is 252 g/mol. The van der Waals surface area contributed by atoms with Crippen LogP contribution in [0.2, 0.25) is 0 Å². The minimum absolute atomic E-state index is 0.00459. The minimum Gasteiger partial charge on any atom is -0.385 e. The maximum atomic E-state index is 10.9. The van der Waals surface area contributed by atoms with Crippen molar-refractivity contribution in [3.05, 3.63) is 0 Å². The molecule has 0 aliphatic carbocycles. The first-order valence-corrected chi connectivity index (χ1v) is 7.96. The van der Waals surface area contributed by atoms with E-state index < -0.39 is 9.05 Å². The molecular formula is C10H21ClO4S. The van der Waals surface area contributed by atoms with Crippen molar-refractivity contribution in [3.63, 3.8) is 0 Å². The summed E-state index contributed by atoms with van der Waals surface area (Å²) < 4.78 is 32.2. The van der Waals surface area contributed by atoms with Crippen LogP contribution < -0.4 is 0 Å². The van der Waals surface area contributed by atoms with Crippen LogP contribution in [0, 0.1) is 5.92 Å². The molecule has 98 valence electrons. The molecule has 0 aliphatic heterocycles. The van der Waals surface area contributed by atoms with E-state index in [-0.39, 0.29) is 11.7 Å². The molecule has 0 saturated carbocycles. The molecule has 0 aliphatic rings. The Morgan fingerprint density at radius 3 is 2.50 bits per heavy atom. The van der Waals surface area contributed by atoms with Gasteiger partial charge in [0.15, 0.2) is 0 Å². The molecule has 0 fully saturated rings. The van der Waals surface area contributed by atoms with Crippen LogP contribution in [0.5, 0.6) is 0 Å². The molecule has 0 N–H and O–H groups in total. The van der Waals surface area contributed by atoms with Gasteiger partial charge in [0.2, 0.25) is 9.05 Å². The third-order valence-electron chi connectivity index (χ3n) is 2.12. The van der Waals surface area contributed by atoms with Crippen LogP contribution in [-0.2, 0) is 18.5 Å². The van der Waals surface area contributed by atoms with Crippen LogP contribution >= 0.6 is 10.7 Å². The normalized spacial score (nSPS) is 13.9. The number of hydrogen-bond donors (Lipinski definition) is 0. The van der Waals surface area contributed by atoms with Crippen LogP contribution in [0.3, 0.4) is 0 Å². The van der Waals surface area contributed by atoms with Gasteiger partial charge in [0.25, 0.3) is 0 Å². The third kappa shape index (κ3) is 10.7. The fourth-order valence-electron chi connectivity index (χ4n) is 1.46. The van der Waals surface area contributed by atoms with Crippen LogP contribution in [0.15, 0.2) is 0 Å². The molecule has 6 heteroatoms. The average molecular weight is 273 g/mol. The van der Waals surface area contributed by atoms with E-state index in [2.05, 4.69) is 0 Å². The first kappa shape index (κ1) is 16.2. The van der Waals surface area contributed by atoms with Crippen LogP contribution in [0.25, 0.3) is 0 Å². The van der Waals surface area contributed by atoms with Gasteiger partial charge in [0.05, 0.1) is 12.4 Å². The molecule has 0 aromatic heterocycles. The molecule has 4 nitrogen and oxygen atoms in total. The largest absolute Gasteiger partial charge is 0.385 e. The zero-order chi connectivity index (χ0) is 12.4. The Labute approximate surface area is 103 Å². The van der Waals surface area contributed by atoms with Crippen molar-refractivity contribution in [3.8, 4) is 0 Å². The van der Waals surface area contributed by atoms with Crippen molar-refractivity contribution in [1.82, 2.24) is 0 Å². The van der Waals surface area contributed by atoms with Gasteiger partial charge in [-0.05, 0) is 18.8 Å². The van der Waals surface area contributed by atoms with E-state index in [1.165, 1.54) is 0 Å². The molecule has 0 heterocycles. The summed E-state index contributed by atoms with van der Waals surface area (Å²) in [5.41, 5.74) is 0. The third-order valence-corrected chi connectivity index (χ3v) is 3.37. The maximum Gasteiger partial charge on any atom is 0.232 e. The van der Waals surface area contributed by atoms with Gasteiger partial charge in [0.1, 0.15) is 0 Å². The summed E-state index contributed by atoms with van der Waals surface area (Å²) >= 11 is 0. The monoisotopic (exact) mass is 272 g/mol. The molecule has 0 radical (unpaired) electrons. The van der Waals surface area contributed by atoms with Gasteiger partial charge >= 0.3 is 0 Å². The molecule has 1 unspecified atom stereocenters. The summed E-state index contributed by atoms with van der Waals surface area (Å²) in [6.45, 7) is 3.71. The first-order valence-electron chi connectivity index (χ1n) is 5.48. The standard InChI is InChI=1S/C10H21ClO4S/c1-3-5-10(9-16(11,12)13)8-15-7-4-6-14-2/h10H,3-9H2,1-2H3. The van der Waals surface area contributed by atoms with Gasteiger partial charge in [-0.1, -0.05) is 13.3 Å². The first-order chi connectivity index (χ1) is 7.49. The van der Waals surface area contributed by atoms with E-state index in [4.69, 9.17) is 20.2 Å². The summed E-state index contributed by atoms with van der Waals surface area (Å²) in [5.74, 6) is -0.0119. The van der Waals surface area contributed by atoms with E-state index in [0.717, 1.165) is 19.3 Å². The smallest absolute Gasteiger partial charge is 0.232 e. The lowest BCUT2D eigenvalue weighted by atomic mass is 10.1. The van der Waals surface area contributed by atoms with Crippen molar-refractivity contribution in [2.75, 3.05) is 32.7 Å². The fraction of sp³-hybridized carbons (Fsp3) is 1.00. The number of ether oxygens (including phenoxy) is 2. The van der Waals surface area contributed by atoms with Gasteiger partial charge in [-0.3, -0.25) is 0 Å². The number of halogens is 1. The molecule has 1 atom stereocenters. The molecule has 0 saturated heterocycles. The minimum atomic E-state index is -3.43. The lowest BCUT2D eigenvalue weighted by Gasteiger charge is -2.14. The van der Waals surface area contributed by atoms with Crippen LogP contribution in [0.4, 0.5) is 0 Å². The van der Waals surface area contributed by atoms with Crippen molar-refractivity contribution < 1.29 is 17.9 Å². The lowest BCUT2D eigenvalue weighted by molar-refractivity contribution is 0.0811. The Morgan fingerprint density at radius 1 is 1.31 bits per heavy atom. The highest BCUT2D eigenvalue weighted by molar-refractivity contribution is 8.13. The SMILES string of the molecule is CCCC(COCCCOC)CS(=O)(=O)Cl. The van der Waals surface area contributed by atoms with E-state index >= 15 is 0 Å². The summed E-state index contributed by atoms with van der Waals surface area (Å²) in [4.78, 5) is 0. The molecule has 0 aromatic rings. The summed E-state index contributed by atoms with van der Waals surface area (Å²) in [5, 5.41) is 0. The number of rotatable bonds is 10. The number of hydrogen-bond acceptors (Lipinski definition) is 4. The molecule has 0 amide bonds. The highest BCUT2D eigenvalue weighted by atomic mass is 35.7. The van der Waals surface area contributed by atoms with Gasteiger partial charge in [-0.2, -0.15) is 0 Å². The average Bonchev–Trinajstić information content (AvgIpc) is 2.15. The second-order valence-electron chi connectivity index (χ2n) is 3.78. The van der Waals surface area contributed by atoms with Gasteiger partial charge in [-0.25, -0.2) is 8.42 Å². The highest BCUT2D eigenvalue weighted by Crippen LogP contribution is 2.13. The molecule has 0 rings (SSSR count). The van der Waals surface area contributed by atoms with Crippen molar-refractivity contribution in [1.29, 1.82) is 0 Å². The van der Waals surface area contributed by atoms with Crippen molar-refractivity contribution >= 4 is 19.7 Å². The van der Waals surface area contributed by atoms with Gasteiger partial charge < -0.3 is 9.47 Å². The molecule has 16 heavy (non-hydrogen) atoms. The van der Waals surface area contributed by atoms with E-state index in [9.17, 15) is 8.42 Å². The lowest BCUT2D eigenvalue weighted by Crippen LogP contribution is -2.18. The van der Waals surface area contributed by atoms with Crippen LogP contribution in [-0.4, -0.2) is 41.1 Å². The summed E-state index contributed by atoms with van der Waals surface area (Å²) in [6.07, 6.45) is 2.57. The molecule has 0 bridgehead atoms. The summed E-state index contributed by atoms with van der Waals surface area (Å²) in [7, 11) is 3.44. The van der Waals surface area contributed by atoms with E-state index in [1.54, 1.807) is 7.11 Å². The van der Waals surface area contributed by atoms with E-state index in [0.29, 0.717) is 19.8 Å². The molecule has 0 spiro atoms. The maximum absolute atomic E-state index is 10.9. The Balaban J connectivity index is 3.77. The summed E-state index contributed by atoms with van der Waals surface area (Å²) in [6, 6.07) is 0. The Bertz CT molecular complexity index is 254. The zero-order valence-electron chi connectivity index (χ0n) is 9.95. The van der Waals surface area contributed by atoms with Crippen LogP contribution in [0.1, 0.15) is 26.2 Å². The topological polar surface area (TPSA) is 52.6 Å². The van der Waals surface area contributed by atoms with Crippen molar-refractivity contribution in [2.24, 2.45) is 5.92 Å². The van der Waals surface area contributed by atoms with Crippen molar-refractivity contribution in [2.45, 2.75) is 26.2 Å². The Kier molecular flexibility index (Phi) is 9.31.